The fourth-order valence-corrected chi connectivity index (χ4v) is 1.69. The summed E-state index contributed by atoms with van der Waals surface area (Å²) in [6.45, 7) is 2.20. The van der Waals surface area contributed by atoms with Crippen molar-refractivity contribution in [3.63, 3.8) is 0 Å². The van der Waals surface area contributed by atoms with E-state index in [-0.39, 0.29) is 0 Å². The number of H-pyrrole nitrogens is 1. The molecule has 0 bridgehead atoms. The van der Waals surface area contributed by atoms with E-state index in [2.05, 4.69) is 14.9 Å². The van der Waals surface area contributed by atoms with Gasteiger partial charge in [-0.3, -0.25) is 0 Å². The maximum absolute atomic E-state index is 5.73. The molecule has 12 heavy (non-hydrogen) atoms. The van der Waals surface area contributed by atoms with Crippen LogP contribution in [0, 0.1) is 0 Å². The number of imidazole rings is 1. The first-order valence-corrected chi connectivity index (χ1v) is 4.69. The van der Waals surface area contributed by atoms with E-state index in [4.69, 9.17) is 11.6 Å². The molecular weight excluding hydrogens is 174 g/mol. The minimum Gasteiger partial charge on any atom is -0.342 e. The second kappa shape index (κ2) is 3.35. The van der Waals surface area contributed by atoms with Gasteiger partial charge in [0.25, 0.3) is 0 Å². The van der Waals surface area contributed by atoms with Gasteiger partial charge in [-0.2, -0.15) is 0 Å². The minimum absolute atomic E-state index is 0.621. The summed E-state index contributed by atoms with van der Waals surface area (Å²) in [5.74, 6) is 0.916. The number of rotatable bonds is 1. The molecule has 0 spiro atoms. The number of piperidine rings is 1. The number of aromatic nitrogens is 2. The van der Waals surface area contributed by atoms with Crippen molar-refractivity contribution in [3.05, 3.63) is 11.3 Å². The molecule has 2 rings (SSSR count). The lowest BCUT2D eigenvalue weighted by Gasteiger charge is -2.25. The molecule has 1 N–H and O–H groups in total. The van der Waals surface area contributed by atoms with E-state index in [0.717, 1.165) is 19.0 Å². The van der Waals surface area contributed by atoms with Gasteiger partial charge < -0.3 is 9.88 Å². The van der Waals surface area contributed by atoms with E-state index in [1.54, 1.807) is 6.20 Å². The first-order chi connectivity index (χ1) is 5.86. The van der Waals surface area contributed by atoms with E-state index in [1.807, 2.05) is 0 Å². The highest BCUT2D eigenvalue weighted by molar-refractivity contribution is 6.29. The Balaban J connectivity index is 2.08. The molecule has 66 valence electrons. The molecule has 0 atom stereocenters. The van der Waals surface area contributed by atoms with Gasteiger partial charge >= 0.3 is 0 Å². The second-order valence-electron chi connectivity index (χ2n) is 3.10. The summed E-state index contributed by atoms with van der Waals surface area (Å²) in [5.41, 5.74) is 0. The van der Waals surface area contributed by atoms with Gasteiger partial charge in [0.15, 0.2) is 0 Å². The Morgan fingerprint density at radius 3 is 2.67 bits per heavy atom. The molecule has 3 nitrogen and oxygen atoms in total. The fraction of sp³-hybridized carbons (Fsp3) is 0.625. The number of nitrogens with zero attached hydrogens (tertiary/aromatic N) is 2. The molecule has 1 aliphatic heterocycles. The summed E-state index contributed by atoms with van der Waals surface area (Å²) in [4.78, 5) is 9.45. The molecule has 1 saturated heterocycles. The molecule has 0 amide bonds. The van der Waals surface area contributed by atoms with E-state index in [9.17, 15) is 0 Å². The van der Waals surface area contributed by atoms with Crippen LogP contribution in [0.5, 0.6) is 0 Å². The van der Waals surface area contributed by atoms with Crippen molar-refractivity contribution in [2.24, 2.45) is 0 Å². The van der Waals surface area contributed by atoms with Gasteiger partial charge in [0.2, 0.25) is 5.95 Å². The van der Waals surface area contributed by atoms with Gasteiger partial charge in [0.05, 0.1) is 6.20 Å². The zero-order valence-corrected chi connectivity index (χ0v) is 7.64. The van der Waals surface area contributed by atoms with Crippen LogP contribution in [0.3, 0.4) is 0 Å². The Morgan fingerprint density at radius 2 is 2.08 bits per heavy atom. The largest absolute Gasteiger partial charge is 0.342 e. The number of anilines is 1. The number of aromatic amines is 1. The Kier molecular flexibility index (Phi) is 2.21. The smallest absolute Gasteiger partial charge is 0.203 e. The van der Waals surface area contributed by atoms with Crippen molar-refractivity contribution >= 4 is 17.5 Å². The summed E-state index contributed by atoms with van der Waals surface area (Å²) in [6.07, 6.45) is 5.52. The van der Waals surface area contributed by atoms with Gasteiger partial charge in [-0.25, -0.2) is 4.98 Å². The van der Waals surface area contributed by atoms with Crippen molar-refractivity contribution in [2.75, 3.05) is 18.0 Å². The number of nitrogens with one attached hydrogen (secondary N) is 1. The van der Waals surface area contributed by atoms with Crippen LogP contribution in [0.15, 0.2) is 6.20 Å². The lowest BCUT2D eigenvalue weighted by atomic mass is 10.1. The summed E-state index contributed by atoms with van der Waals surface area (Å²) in [7, 11) is 0. The Labute approximate surface area is 76.7 Å². The molecule has 2 heterocycles. The summed E-state index contributed by atoms with van der Waals surface area (Å²) in [5, 5.41) is 0.621. The molecule has 1 aliphatic rings. The summed E-state index contributed by atoms with van der Waals surface area (Å²) in [6, 6.07) is 0. The number of hydrogen-bond donors (Lipinski definition) is 1. The van der Waals surface area contributed by atoms with Crippen molar-refractivity contribution in [1.29, 1.82) is 0 Å². The molecule has 0 unspecified atom stereocenters. The third-order valence-electron chi connectivity index (χ3n) is 2.19. The highest BCUT2D eigenvalue weighted by Gasteiger charge is 2.12. The monoisotopic (exact) mass is 185 g/mol. The Morgan fingerprint density at radius 1 is 1.33 bits per heavy atom. The zero-order chi connectivity index (χ0) is 8.39. The summed E-state index contributed by atoms with van der Waals surface area (Å²) < 4.78 is 0. The predicted molar refractivity (Wildman–Crippen MR) is 49.7 cm³/mol. The van der Waals surface area contributed by atoms with Crippen LogP contribution in [0.25, 0.3) is 0 Å². The molecule has 0 radical (unpaired) electrons. The van der Waals surface area contributed by atoms with E-state index < -0.39 is 0 Å². The first kappa shape index (κ1) is 7.92. The second-order valence-corrected chi connectivity index (χ2v) is 3.51. The third-order valence-corrected chi connectivity index (χ3v) is 2.38. The number of hydrogen-bond acceptors (Lipinski definition) is 2. The van der Waals surface area contributed by atoms with Crippen molar-refractivity contribution in [3.8, 4) is 0 Å². The maximum Gasteiger partial charge on any atom is 0.203 e. The molecule has 1 aromatic heterocycles. The van der Waals surface area contributed by atoms with Gasteiger partial charge in [0.1, 0.15) is 5.15 Å². The fourth-order valence-electron chi connectivity index (χ4n) is 1.56. The zero-order valence-electron chi connectivity index (χ0n) is 6.89. The van der Waals surface area contributed by atoms with E-state index in [1.165, 1.54) is 19.3 Å². The van der Waals surface area contributed by atoms with Crippen LogP contribution in [-0.4, -0.2) is 23.1 Å². The number of halogens is 1. The topological polar surface area (TPSA) is 31.9 Å². The SMILES string of the molecule is Clc1cnc(N2CCCCC2)[nH]1. The molecule has 1 fully saturated rings. The Bertz CT molecular complexity index is 253. The molecule has 0 aliphatic carbocycles. The van der Waals surface area contributed by atoms with Crippen LogP contribution in [0.2, 0.25) is 5.15 Å². The molecular formula is C8H12ClN3. The van der Waals surface area contributed by atoms with Crippen LogP contribution in [-0.2, 0) is 0 Å². The average Bonchev–Trinajstić information content (AvgIpc) is 2.54. The third kappa shape index (κ3) is 1.55. The van der Waals surface area contributed by atoms with Crippen LogP contribution < -0.4 is 4.90 Å². The standard InChI is InChI=1S/C8H12ClN3/c9-7-6-10-8(11-7)12-4-2-1-3-5-12/h6H,1-5H2,(H,10,11). The van der Waals surface area contributed by atoms with Crippen molar-refractivity contribution in [2.45, 2.75) is 19.3 Å². The van der Waals surface area contributed by atoms with Crippen LogP contribution in [0.1, 0.15) is 19.3 Å². The average molecular weight is 186 g/mol. The lowest BCUT2D eigenvalue weighted by molar-refractivity contribution is 0.570. The quantitative estimate of drug-likeness (QED) is 0.727. The van der Waals surface area contributed by atoms with Gasteiger partial charge in [-0.05, 0) is 19.3 Å². The van der Waals surface area contributed by atoms with Crippen LogP contribution >= 0.6 is 11.6 Å². The predicted octanol–water partition coefficient (Wildman–Crippen LogP) is 2.05. The van der Waals surface area contributed by atoms with E-state index >= 15 is 0 Å². The molecule has 0 saturated carbocycles. The van der Waals surface area contributed by atoms with Gasteiger partial charge in [0, 0.05) is 13.1 Å². The summed E-state index contributed by atoms with van der Waals surface area (Å²) >= 11 is 5.73. The molecule has 1 aromatic rings. The molecule has 4 heteroatoms. The normalized spacial score (nSPS) is 18.2. The van der Waals surface area contributed by atoms with Gasteiger partial charge in [-0.15, -0.1) is 0 Å². The van der Waals surface area contributed by atoms with Crippen molar-refractivity contribution in [1.82, 2.24) is 9.97 Å². The first-order valence-electron chi connectivity index (χ1n) is 4.32. The van der Waals surface area contributed by atoms with Crippen molar-refractivity contribution < 1.29 is 0 Å². The lowest BCUT2D eigenvalue weighted by Crippen LogP contribution is -2.30. The van der Waals surface area contributed by atoms with Crippen LogP contribution in [0.4, 0.5) is 5.95 Å². The van der Waals surface area contributed by atoms with Gasteiger partial charge in [-0.1, -0.05) is 11.6 Å². The maximum atomic E-state index is 5.73. The highest BCUT2D eigenvalue weighted by atomic mass is 35.5. The highest BCUT2D eigenvalue weighted by Crippen LogP contribution is 2.17. The molecule has 0 aromatic carbocycles. The minimum atomic E-state index is 0.621. The Hall–Kier alpha value is -0.700. The van der Waals surface area contributed by atoms with E-state index in [0.29, 0.717) is 5.15 Å².